The van der Waals surface area contributed by atoms with Gasteiger partial charge < -0.3 is 15.2 Å². The number of carbonyl (C=O) groups excluding carboxylic acids is 1. The Kier molecular flexibility index (Phi) is 6.66. The zero-order chi connectivity index (χ0) is 19.1. The number of aliphatic carboxylic acids is 1. The Labute approximate surface area is 149 Å². The maximum absolute atomic E-state index is 13.8. The van der Waals surface area contributed by atoms with Crippen LogP contribution in [0.25, 0.3) is 0 Å². The number of halogens is 2. The average Bonchev–Trinajstić information content (AvgIpc) is 2.60. The van der Waals surface area contributed by atoms with Gasteiger partial charge in [0.2, 0.25) is 0 Å². The number of hydrogen-bond acceptors (Lipinski definition) is 3. The fraction of sp³-hybridized carbons (Fsp3) is 0.263. The van der Waals surface area contributed by atoms with Gasteiger partial charge in [-0.2, -0.15) is 0 Å². The summed E-state index contributed by atoms with van der Waals surface area (Å²) in [5.74, 6) is -3.29. The number of hydrogen-bond donors (Lipinski definition) is 2. The second kappa shape index (κ2) is 8.94. The van der Waals surface area contributed by atoms with Crippen molar-refractivity contribution in [3.05, 3.63) is 71.3 Å². The van der Waals surface area contributed by atoms with Gasteiger partial charge in [0.25, 0.3) is 0 Å². The van der Waals surface area contributed by atoms with Crippen LogP contribution < -0.4 is 5.32 Å². The largest absolute Gasteiger partial charge is 0.480 e. The van der Waals surface area contributed by atoms with Crippen molar-refractivity contribution in [1.82, 2.24) is 5.32 Å². The first kappa shape index (κ1) is 19.4. The first-order valence-electron chi connectivity index (χ1n) is 8.01. The molecule has 0 saturated heterocycles. The molecule has 0 fully saturated rings. The molecule has 26 heavy (non-hydrogen) atoms. The van der Waals surface area contributed by atoms with Crippen molar-refractivity contribution in [1.29, 1.82) is 0 Å². The number of alkyl carbamates (subject to hydrolysis) is 1. The second-order valence-corrected chi connectivity index (χ2v) is 5.90. The molecule has 0 saturated carbocycles. The zero-order valence-electron chi connectivity index (χ0n) is 14.1. The van der Waals surface area contributed by atoms with Crippen molar-refractivity contribution in [3.8, 4) is 0 Å². The standard InChI is InChI=1S/C19H19F2NO4/c1-12(15-8-7-14(20)10-16(15)21)9-17(18(23)24)22-19(25)26-11-13-5-3-2-4-6-13/h2-8,10,12,17H,9,11H2,1H3,(H,22,25)(H,23,24). The number of ether oxygens (including phenoxy) is 1. The van der Waals surface area contributed by atoms with E-state index in [4.69, 9.17) is 4.74 Å². The summed E-state index contributed by atoms with van der Waals surface area (Å²) in [5.41, 5.74) is 0.938. The monoisotopic (exact) mass is 363 g/mol. The third-order valence-corrected chi connectivity index (χ3v) is 3.89. The summed E-state index contributed by atoms with van der Waals surface area (Å²) in [5, 5.41) is 11.6. The predicted octanol–water partition coefficient (Wildman–Crippen LogP) is 3.84. The Morgan fingerprint density at radius 3 is 2.46 bits per heavy atom. The quantitative estimate of drug-likeness (QED) is 0.784. The van der Waals surface area contributed by atoms with Crippen LogP contribution in [-0.2, 0) is 16.1 Å². The maximum atomic E-state index is 13.8. The van der Waals surface area contributed by atoms with E-state index in [9.17, 15) is 23.5 Å². The van der Waals surface area contributed by atoms with E-state index in [1.807, 2.05) is 6.07 Å². The molecule has 0 aliphatic carbocycles. The molecule has 138 valence electrons. The van der Waals surface area contributed by atoms with Crippen LogP contribution in [0.3, 0.4) is 0 Å². The average molecular weight is 363 g/mol. The molecule has 0 aromatic heterocycles. The molecule has 2 aromatic carbocycles. The summed E-state index contributed by atoms with van der Waals surface area (Å²) < 4.78 is 31.8. The molecule has 5 nitrogen and oxygen atoms in total. The number of carboxylic acids is 1. The van der Waals surface area contributed by atoms with Gasteiger partial charge in [0, 0.05) is 6.07 Å². The first-order chi connectivity index (χ1) is 12.4. The van der Waals surface area contributed by atoms with Gasteiger partial charge in [0.1, 0.15) is 24.3 Å². The van der Waals surface area contributed by atoms with Crippen molar-refractivity contribution in [2.75, 3.05) is 0 Å². The SMILES string of the molecule is CC(CC(NC(=O)OCc1ccccc1)C(=O)O)c1ccc(F)cc1F. The Hall–Kier alpha value is -2.96. The van der Waals surface area contributed by atoms with Gasteiger partial charge >= 0.3 is 12.1 Å². The highest BCUT2D eigenvalue weighted by molar-refractivity contribution is 5.79. The van der Waals surface area contributed by atoms with Gasteiger partial charge in [-0.25, -0.2) is 18.4 Å². The number of rotatable bonds is 7. The van der Waals surface area contributed by atoms with Crippen molar-refractivity contribution in [2.45, 2.75) is 31.9 Å². The van der Waals surface area contributed by atoms with Gasteiger partial charge in [0.05, 0.1) is 0 Å². The van der Waals surface area contributed by atoms with Crippen LogP contribution in [0.15, 0.2) is 48.5 Å². The number of amides is 1. The van der Waals surface area contributed by atoms with Gasteiger partial charge in [-0.1, -0.05) is 43.3 Å². The fourth-order valence-electron chi connectivity index (χ4n) is 2.51. The molecular weight excluding hydrogens is 344 g/mol. The summed E-state index contributed by atoms with van der Waals surface area (Å²) in [6, 6.07) is 10.8. The maximum Gasteiger partial charge on any atom is 0.408 e. The topological polar surface area (TPSA) is 75.6 Å². The van der Waals surface area contributed by atoms with Gasteiger partial charge in [-0.05, 0) is 29.5 Å². The lowest BCUT2D eigenvalue weighted by Gasteiger charge is -2.19. The van der Waals surface area contributed by atoms with Crippen LogP contribution in [0.4, 0.5) is 13.6 Å². The summed E-state index contributed by atoms with van der Waals surface area (Å²) >= 11 is 0. The van der Waals surface area contributed by atoms with Crippen LogP contribution in [0.5, 0.6) is 0 Å². The van der Waals surface area contributed by atoms with Crippen molar-refractivity contribution in [2.24, 2.45) is 0 Å². The Bertz CT molecular complexity index is 767. The van der Waals surface area contributed by atoms with Crippen molar-refractivity contribution < 1.29 is 28.2 Å². The van der Waals surface area contributed by atoms with Crippen LogP contribution in [0, 0.1) is 11.6 Å². The minimum atomic E-state index is -1.27. The zero-order valence-corrected chi connectivity index (χ0v) is 14.1. The second-order valence-electron chi connectivity index (χ2n) is 5.90. The van der Waals surface area contributed by atoms with Crippen LogP contribution >= 0.6 is 0 Å². The van der Waals surface area contributed by atoms with E-state index in [1.54, 1.807) is 31.2 Å². The minimum Gasteiger partial charge on any atom is -0.480 e. The molecule has 2 unspecified atom stereocenters. The molecule has 2 rings (SSSR count). The highest BCUT2D eigenvalue weighted by atomic mass is 19.1. The highest BCUT2D eigenvalue weighted by Gasteiger charge is 2.25. The van der Waals surface area contributed by atoms with Crippen LogP contribution in [0.2, 0.25) is 0 Å². The van der Waals surface area contributed by atoms with Crippen LogP contribution in [-0.4, -0.2) is 23.2 Å². The van der Waals surface area contributed by atoms with E-state index in [2.05, 4.69) is 5.32 Å². The smallest absolute Gasteiger partial charge is 0.408 e. The summed E-state index contributed by atoms with van der Waals surface area (Å²) in [4.78, 5) is 23.2. The van der Waals surface area contributed by atoms with Crippen molar-refractivity contribution >= 4 is 12.1 Å². The van der Waals surface area contributed by atoms with Crippen LogP contribution in [0.1, 0.15) is 30.4 Å². The van der Waals surface area contributed by atoms with Gasteiger partial charge in [-0.15, -0.1) is 0 Å². The molecule has 2 atom stereocenters. The van der Waals surface area contributed by atoms with E-state index in [1.165, 1.54) is 6.07 Å². The van der Waals surface area contributed by atoms with Gasteiger partial charge in [-0.3, -0.25) is 0 Å². The number of benzene rings is 2. The lowest BCUT2D eigenvalue weighted by molar-refractivity contribution is -0.139. The third kappa shape index (κ3) is 5.54. The summed E-state index contributed by atoms with van der Waals surface area (Å²) in [7, 11) is 0. The molecule has 1 amide bonds. The molecule has 2 aromatic rings. The molecule has 0 spiro atoms. The van der Waals surface area contributed by atoms with Crippen molar-refractivity contribution in [3.63, 3.8) is 0 Å². The van der Waals surface area contributed by atoms with E-state index in [0.29, 0.717) is 0 Å². The molecule has 7 heteroatoms. The third-order valence-electron chi connectivity index (χ3n) is 3.89. The molecule has 2 N–H and O–H groups in total. The molecule has 0 aliphatic heterocycles. The molecular formula is C19H19F2NO4. The van der Waals surface area contributed by atoms with Gasteiger partial charge in [0.15, 0.2) is 0 Å². The number of carboxylic acid groups (broad SMARTS) is 1. The highest BCUT2D eigenvalue weighted by Crippen LogP contribution is 2.24. The predicted molar refractivity (Wildman–Crippen MR) is 90.6 cm³/mol. The Balaban J connectivity index is 1.95. The summed E-state index contributed by atoms with van der Waals surface area (Å²) in [6.07, 6.45) is -0.953. The lowest BCUT2D eigenvalue weighted by atomic mass is 9.93. The normalized spacial score (nSPS) is 12.9. The Morgan fingerprint density at radius 1 is 1.15 bits per heavy atom. The Morgan fingerprint density at radius 2 is 1.85 bits per heavy atom. The number of nitrogens with one attached hydrogen (secondary N) is 1. The lowest BCUT2D eigenvalue weighted by Crippen LogP contribution is -2.41. The van der Waals surface area contributed by atoms with E-state index in [-0.39, 0.29) is 18.6 Å². The minimum absolute atomic E-state index is 0.00115. The molecule has 0 heterocycles. The molecule has 0 bridgehead atoms. The first-order valence-corrected chi connectivity index (χ1v) is 8.01. The van der Waals surface area contributed by atoms with E-state index >= 15 is 0 Å². The molecule has 0 aliphatic rings. The molecule has 0 radical (unpaired) electrons. The van der Waals surface area contributed by atoms with E-state index < -0.39 is 35.7 Å². The summed E-state index contributed by atoms with van der Waals surface area (Å²) in [6.45, 7) is 1.60. The number of carbonyl (C=O) groups is 2. The van der Waals surface area contributed by atoms with E-state index in [0.717, 1.165) is 17.7 Å². The fourth-order valence-corrected chi connectivity index (χ4v) is 2.51.